The third-order valence-electron chi connectivity index (χ3n) is 2.24. The van der Waals surface area contributed by atoms with Crippen molar-refractivity contribution in [2.75, 3.05) is 5.73 Å². The second-order valence-corrected chi connectivity index (χ2v) is 4.15. The number of halogens is 1. The highest BCUT2D eigenvalue weighted by molar-refractivity contribution is 9.10. The van der Waals surface area contributed by atoms with Gasteiger partial charge in [0.05, 0.1) is 11.3 Å². The average Bonchev–Trinajstić information content (AvgIpc) is 2.59. The van der Waals surface area contributed by atoms with Gasteiger partial charge in [0.25, 0.3) is 0 Å². The Morgan fingerprint density at radius 2 is 2.27 bits per heavy atom. The van der Waals surface area contributed by atoms with Crippen molar-refractivity contribution in [3.63, 3.8) is 0 Å². The molecular formula is C11H11BrN2O. The molecule has 0 radical (unpaired) electrons. The number of nitrogens with zero attached hydrogens (tertiary/aromatic N) is 1. The maximum atomic E-state index is 5.75. The summed E-state index contributed by atoms with van der Waals surface area (Å²) >= 11 is 3.43. The predicted octanol–water partition coefficient (Wildman–Crippen LogP) is 3.25. The molecule has 2 rings (SSSR count). The third kappa shape index (κ3) is 1.90. The van der Waals surface area contributed by atoms with Gasteiger partial charge in [-0.1, -0.05) is 40.1 Å². The maximum absolute atomic E-state index is 5.75. The Bertz CT molecular complexity index is 479. The molecule has 0 atom stereocenters. The van der Waals surface area contributed by atoms with E-state index in [2.05, 4.69) is 21.1 Å². The van der Waals surface area contributed by atoms with E-state index in [1.807, 2.05) is 31.2 Å². The second-order valence-electron chi connectivity index (χ2n) is 3.23. The molecule has 0 unspecified atom stereocenters. The molecule has 0 aliphatic carbocycles. The molecule has 0 spiro atoms. The zero-order chi connectivity index (χ0) is 10.8. The van der Waals surface area contributed by atoms with Crippen LogP contribution in [0.25, 0.3) is 11.1 Å². The van der Waals surface area contributed by atoms with Crippen molar-refractivity contribution < 1.29 is 4.52 Å². The van der Waals surface area contributed by atoms with Crippen LogP contribution < -0.4 is 5.73 Å². The smallest absolute Gasteiger partial charge is 0.230 e. The average molecular weight is 267 g/mol. The maximum Gasteiger partial charge on any atom is 0.230 e. The molecule has 1 aromatic heterocycles. The molecule has 3 nitrogen and oxygen atoms in total. The number of nitrogens with two attached hydrogens (primary N) is 1. The minimum Gasteiger partial charge on any atom is -0.367 e. The molecule has 2 N–H and O–H groups in total. The van der Waals surface area contributed by atoms with Gasteiger partial charge in [0.1, 0.15) is 0 Å². The lowest BCUT2D eigenvalue weighted by molar-refractivity contribution is 0.428. The highest BCUT2D eigenvalue weighted by Crippen LogP contribution is 2.31. The number of hydrogen-bond donors (Lipinski definition) is 1. The first-order valence-electron chi connectivity index (χ1n) is 4.72. The van der Waals surface area contributed by atoms with Crippen molar-refractivity contribution in [2.45, 2.75) is 13.3 Å². The van der Waals surface area contributed by atoms with Gasteiger partial charge in [-0.2, -0.15) is 0 Å². The van der Waals surface area contributed by atoms with E-state index in [4.69, 9.17) is 10.3 Å². The fourth-order valence-electron chi connectivity index (χ4n) is 1.53. The van der Waals surface area contributed by atoms with Crippen molar-refractivity contribution in [3.05, 3.63) is 34.4 Å². The first-order chi connectivity index (χ1) is 7.22. The highest BCUT2D eigenvalue weighted by Gasteiger charge is 2.13. The lowest BCUT2D eigenvalue weighted by atomic mass is 10.0. The van der Waals surface area contributed by atoms with Crippen LogP contribution in [-0.4, -0.2) is 5.16 Å². The van der Waals surface area contributed by atoms with Crippen LogP contribution in [0.1, 0.15) is 12.6 Å². The van der Waals surface area contributed by atoms with E-state index in [9.17, 15) is 0 Å². The standard InChI is InChI=1S/C11H11BrN2O/c1-2-9-10(11(13)15-14-9)7-4-3-5-8(12)6-7/h3-6H,2,13H2,1H3. The van der Waals surface area contributed by atoms with Crippen LogP contribution in [0.3, 0.4) is 0 Å². The van der Waals surface area contributed by atoms with Crippen molar-refractivity contribution >= 4 is 21.8 Å². The summed E-state index contributed by atoms with van der Waals surface area (Å²) < 4.78 is 6.01. The van der Waals surface area contributed by atoms with E-state index in [0.29, 0.717) is 5.88 Å². The van der Waals surface area contributed by atoms with Crippen LogP contribution >= 0.6 is 15.9 Å². The molecule has 0 saturated heterocycles. The Morgan fingerprint density at radius 3 is 2.93 bits per heavy atom. The summed E-state index contributed by atoms with van der Waals surface area (Å²) in [6.07, 6.45) is 0.808. The number of aryl methyl sites for hydroxylation is 1. The fraction of sp³-hybridized carbons (Fsp3) is 0.182. The van der Waals surface area contributed by atoms with Crippen molar-refractivity contribution in [1.29, 1.82) is 0 Å². The molecule has 0 bridgehead atoms. The largest absolute Gasteiger partial charge is 0.367 e. The van der Waals surface area contributed by atoms with Gasteiger partial charge in [0.2, 0.25) is 5.88 Å². The van der Waals surface area contributed by atoms with Crippen LogP contribution in [0.4, 0.5) is 5.88 Å². The first-order valence-corrected chi connectivity index (χ1v) is 5.51. The summed E-state index contributed by atoms with van der Waals surface area (Å²) in [7, 11) is 0. The molecule has 15 heavy (non-hydrogen) atoms. The second kappa shape index (κ2) is 4.06. The van der Waals surface area contributed by atoms with Crippen LogP contribution in [0.15, 0.2) is 33.3 Å². The van der Waals surface area contributed by atoms with E-state index >= 15 is 0 Å². The van der Waals surface area contributed by atoms with Gasteiger partial charge in [-0.25, -0.2) is 0 Å². The Balaban J connectivity index is 2.57. The fourth-order valence-corrected chi connectivity index (χ4v) is 1.93. The number of aromatic nitrogens is 1. The monoisotopic (exact) mass is 266 g/mol. The van der Waals surface area contributed by atoms with Crippen LogP contribution in [0, 0.1) is 0 Å². The topological polar surface area (TPSA) is 52.0 Å². The van der Waals surface area contributed by atoms with Crippen molar-refractivity contribution in [2.24, 2.45) is 0 Å². The summed E-state index contributed by atoms with van der Waals surface area (Å²) in [5.74, 6) is 0.380. The molecule has 0 aliphatic heterocycles. The summed E-state index contributed by atoms with van der Waals surface area (Å²) in [4.78, 5) is 0. The molecule has 0 saturated carbocycles. The van der Waals surface area contributed by atoms with Crippen LogP contribution in [0.5, 0.6) is 0 Å². The van der Waals surface area contributed by atoms with E-state index in [0.717, 1.165) is 27.7 Å². The zero-order valence-corrected chi connectivity index (χ0v) is 9.91. The summed E-state index contributed by atoms with van der Waals surface area (Å²) in [5, 5.41) is 3.92. The summed E-state index contributed by atoms with van der Waals surface area (Å²) in [6, 6.07) is 7.93. The Kier molecular flexibility index (Phi) is 2.77. The Hall–Kier alpha value is -1.29. The highest BCUT2D eigenvalue weighted by atomic mass is 79.9. The lowest BCUT2D eigenvalue weighted by Crippen LogP contribution is -1.89. The predicted molar refractivity (Wildman–Crippen MR) is 63.4 cm³/mol. The molecule has 0 fully saturated rings. The zero-order valence-electron chi connectivity index (χ0n) is 8.33. The first kappa shape index (κ1) is 10.2. The summed E-state index contributed by atoms with van der Waals surface area (Å²) in [5.41, 5.74) is 8.58. The molecule has 4 heteroatoms. The van der Waals surface area contributed by atoms with Gasteiger partial charge in [0.15, 0.2) is 0 Å². The number of hydrogen-bond acceptors (Lipinski definition) is 3. The minimum atomic E-state index is 0.380. The Morgan fingerprint density at radius 1 is 1.47 bits per heavy atom. The number of benzene rings is 1. The third-order valence-corrected chi connectivity index (χ3v) is 2.73. The van der Waals surface area contributed by atoms with Crippen molar-refractivity contribution in [1.82, 2.24) is 5.16 Å². The van der Waals surface area contributed by atoms with Crippen LogP contribution in [0.2, 0.25) is 0 Å². The molecule has 78 valence electrons. The van der Waals surface area contributed by atoms with E-state index in [1.165, 1.54) is 0 Å². The van der Waals surface area contributed by atoms with Gasteiger partial charge < -0.3 is 10.3 Å². The molecule has 0 amide bonds. The van der Waals surface area contributed by atoms with Gasteiger partial charge in [-0.15, -0.1) is 0 Å². The lowest BCUT2D eigenvalue weighted by Gasteiger charge is -2.01. The van der Waals surface area contributed by atoms with Gasteiger partial charge in [-0.3, -0.25) is 0 Å². The van der Waals surface area contributed by atoms with E-state index < -0.39 is 0 Å². The molecular weight excluding hydrogens is 256 g/mol. The molecule has 1 aromatic carbocycles. The van der Waals surface area contributed by atoms with Gasteiger partial charge >= 0.3 is 0 Å². The Labute approximate surface area is 96.4 Å². The van der Waals surface area contributed by atoms with E-state index in [-0.39, 0.29) is 0 Å². The van der Waals surface area contributed by atoms with Crippen LogP contribution in [-0.2, 0) is 6.42 Å². The summed E-state index contributed by atoms with van der Waals surface area (Å²) in [6.45, 7) is 2.03. The van der Waals surface area contributed by atoms with Gasteiger partial charge in [-0.05, 0) is 24.1 Å². The van der Waals surface area contributed by atoms with E-state index in [1.54, 1.807) is 0 Å². The molecule has 2 aromatic rings. The minimum absolute atomic E-state index is 0.380. The molecule has 1 heterocycles. The SMILES string of the molecule is CCc1noc(N)c1-c1cccc(Br)c1. The van der Waals surface area contributed by atoms with Crippen molar-refractivity contribution in [3.8, 4) is 11.1 Å². The number of rotatable bonds is 2. The van der Waals surface area contributed by atoms with Gasteiger partial charge in [0, 0.05) is 4.47 Å². The normalized spacial score (nSPS) is 10.5. The quantitative estimate of drug-likeness (QED) is 0.908. The number of anilines is 1. The number of nitrogen functional groups attached to an aromatic ring is 1. The molecule has 0 aliphatic rings.